The second kappa shape index (κ2) is 5.35. The number of pyridine rings is 1. The molecule has 5 heteroatoms. The van der Waals surface area contributed by atoms with Crippen LogP contribution in [0, 0.1) is 0 Å². The summed E-state index contributed by atoms with van der Waals surface area (Å²) in [6.45, 7) is 1.62. The molecule has 0 radical (unpaired) electrons. The fraction of sp³-hybridized carbons (Fsp3) is 0.353. The van der Waals surface area contributed by atoms with E-state index in [0.717, 1.165) is 33.6 Å². The SMILES string of the molecule is NC1COCc2c(-c3ccc4c(c3)C(O)CCO4)cncc21. The summed E-state index contributed by atoms with van der Waals surface area (Å²) in [6, 6.07) is 5.75. The molecular weight excluding hydrogens is 280 g/mol. The van der Waals surface area contributed by atoms with Crippen LogP contribution in [-0.2, 0) is 11.3 Å². The van der Waals surface area contributed by atoms with E-state index < -0.39 is 6.10 Å². The first kappa shape index (κ1) is 13.7. The number of rotatable bonds is 1. The highest BCUT2D eigenvalue weighted by atomic mass is 16.5. The molecule has 2 aliphatic rings. The highest BCUT2D eigenvalue weighted by molar-refractivity contribution is 5.70. The monoisotopic (exact) mass is 298 g/mol. The first-order chi connectivity index (χ1) is 10.7. The first-order valence-electron chi connectivity index (χ1n) is 7.49. The van der Waals surface area contributed by atoms with Crippen molar-refractivity contribution in [2.24, 2.45) is 5.73 Å². The number of nitrogens with two attached hydrogens (primary N) is 1. The Morgan fingerprint density at radius 2 is 2.14 bits per heavy atom. The van der Waals surface area contributed by atoms with Gasteiger partial charge in [0.15, 0.2) is 0 Å². The lowest BCUT2D eigenvalue weighted by Gasteiger charge is -2.26. The largest absolute Gasteiger partial charge is 0.493 e. The highest BCUT2D eigenvalue weighted by Crippen LogP contribution is 2.37. The van der Waals surface area contributed by atoms with Crippen molar-refractivity contribution in [1.82, 2.24) is 4.98 Å². The zero-order valence-corrected chi connectivity index (χ0v) is 12.2. The van der Waals surface area contributed by atoms with Gasteiger partial charge < -0.3 is 20.3 Å². The zero-order chi connectivity index (χ0) is 15.1. The van der Waals surface area contributed by atoms with E-state index in [9.17, 15) is 5.11 Å². The Morgan fingerprint density at radius 1 is 1.23 bits per heavy atom. The number of nitrogens with zero attached hydrogens (tertiary/aromatic N) is 1. The third-order valence-electron chi connectivity index (χ3n) is 4.36. The summed E-state index contributed by atoms with van der Waals surface area (Å²) in [4.78, 5) is 4.33. The molecule has 1 aromatic heterocycles. The molecular formula is C17H18N2O3. The topological polar surface area (TPSA) is 77.6 Å². The van der Waals surface area contributed by atoms with E-state index in [4.69, 9.17) is 15.2 Å². The number of aromatic nitrogens is 1. The molecule has 114 valence electrons. The fourth-order valence-corrected chi connectivity index (χ4v) is 3.15. The van der Waals surface area contributed by atoms with E-state index in [2.05, 4.69) is 4.98 Å². The van der Waals surface area contributed by atoms with Crippen molar-refractivity contribution in [2.45, 2.75) is 25.2 Å². The van der Waals surface area contributed by atoms with Crippen LogP contribution in [0.1, 0.15) is 35.3 Å². The van der Waals surface area contributed by atoms with Gasteiger partial charge in [-0.15, -0.1) is 0 Å². The minimum absolute atomic E-state index is 0.136. The summed E-state index contributed by atoms with van der Waals surface area (Å²) in [5.74, 6) is 0.758. The van der Waals surface area contributed by atoms with Crippen LogP contribution in [-0.4, -0.2) is 23.3 Å². The van der Waals surface area contributed by atoms with Crippen molar-refractivity contribution in [1.29, 1.82) is 0 Å². The minimum atomic E-state index is -0.477. The van der Waals surface area contributed by atoms with Gasteiger partial charge in [-0.2, -0.15) is 0 Å². The molecule has 0 aliphatic carbocycles. The normalized spacial score (nSPS) is 23.4. The quantitative estimate of drug-likeness (QED) is 0.843. The average molecular weight is 298 g/mol. The van der Waals surface area contributed by atoms with Crippen LogP contribution < -0.4 is 10.5 Å². The van der Waals surface area contributed by atoms with Crippen LogP contribution in [0.25, 0.3) is 11.1 Å². The standard InChI is InChI=1S/C17H18N2O3/c18-15-9-21-8-14-12(6-19-7-13(14)15)10-1-2-17-11(5-10)16(20)3-4-22-17/h1-2,5-7,15-16,20H,3-4,8-9,18H2. The van der Waals surface area contributed by atoms with Gasteiger partial charge in [-0.3, -0.25) is 4.98 Å². The molecule has 22 heavy (non-hydrogen) atoms. The van der Waals surface area contributed by atoms with Crippen molar-refractivity contribution in [2.75, 3.05) is 13.2 Å². The molecule has 0 amide bonds. The van der Waals surface area contributed by atoms with E-state index in [1.807, 2.05) is 30.6 Å². The maximum absolute atomic E-state index is 10.2. The Balaban J connectivity index is 1.83. The highest BCUT2D eigenvalue weighted by Gasteiger charge is 2.23. The van der Waals surface area contributed by atoms with E-state index in [1.165, 1.54) is 0 Å². The molecule has 3 heterocycles. The molecule has 4 rings (SSSR count). The fourth-order valence-electron chi connectivity index (χ4n) is 3.15. The lowest BCUT2D eigenvalue weighted by atomic mass is 9.92. The summed E-state index contributed by atoms with van der Waals surface area (Å²) in [7, 11) is 0. The smallest absolute Gasteiger partial charge is 0.125 e. The van der Waals surface area contributed by atoms with Gasteiger partial charge in [0.05, 0.1) is 32.0 Å². The summed E-state index contributed by atoms with van der Waals surface area (Å²) >= 11 is 0. The van der Waals surface area contributed by atoms with Crippen molar-refractivity contribution in [3.8, 4) is 16.9 Å². The van der Waals surface area contributed by atoms with Gasteiger partial charge in [0.2, 0.25) is 0 Å². The summed E-state index contributed by atoms with van der Waals surface area (Å²) in [5.41, 5.74) is 11.1. The van der Waals surface area contributed by atoms with Crippen LogP contribution >= 0.6 is 0 Å². The number of benzene rings is 1. The van der Waals surface area contributed by atoms with Gasteiger partial charge in [0.25, 0.3) is 0 Å². The van der Waals surface area contributed by atoms with Crippen LogP contribution in [0.3, 0.4) is 0 Å². The lowest BCUT2D eigenvalue weighted by molar-refractivity contribution is 0.0925. The molecule has 0 saturated heterocycles. The number of hydrogen-bond donors (Lipinski definition) is 2. The van der Waals surface area contributed by atoms with Gasteiger partial charge in [0, 0.05) is 29.9 Å². The Kier molecular flexibility index (Phi) is 3.33. The maximum Gasteiger partial charge on any atom is 0.125 e. The average Bonchev–Trinajstić information content (AvgIpc) is 2.55. The van der Waals surface area contributed by atoms with Crippen molar-refractivity contribution in [3.05, 3.63) is 47.3 Å². The van der Waals surface area contributed by atoms with Gasteiger partial charge in [-0.25, -0.2) is 0 Å². The molecule has 0 saturated carbocycles. The molecule has 0 fully saturated rings. The Hall–Kier alpha value is -1.95. The van der Waals surface area contributed by atoms with E-state index >= 15 is 0 Å². The number of aliphatic hydroxyl groups is 1. The Morgan fingerprint density at radius 3 is 3.05 bits per heavy atom. The van der Waals surface area contributed by atoms with E-state index in [1.54, 1.807) is 0 Å². The minimum Gasteiger partial charge on any atom is -0.493 e. The van der Waals surface area contributed by atoms with Crippen molar-refractivity contribution in [3.63, 3.8) is 0 Å². The lowest BCUT2D eigenvalue weighted by Crippen LogP contribution is -2.24. The molecule has 0 spiro atoms. The van der Waals surface area contributed by atoms with Crippen molar-refractivity contribution < 1.29 is 14.6 Å². The molecule has 0 bridgehead atoms. The molecule has 2 atom stereocenters. The number of hydrogen-bond acceptors (Lipinski definition) is 5. The molecule has 1 aromatic carbocycles. The van der Waals surface area contributed by atoms with Crippen LogP contribution in [0.4, 0.5) is 0 Å². The van der Waals surface area contributed by atoms with Gasteiger partial charge in [-0.05, 0) is 28.8 Å². The number of aliphatic hydroxyl groups excluding tert-OH is 1. The van der Waals surface area contributed by atoms with Gasteiger partial charge in [0.1, 0.15) is 5.75 Å². The van der Waals surface area contributed by atoms with Gasteiger partial charge >= 0.3 is 0 Å². The summed E-state index contributed by atoms with van der Waals surface area (Å²) < 4.78 is 11.2. The number of ether oxygens (including phenoxy) is 2. The third kappa shape index (κ3) is 2.18. The van der Waals surface area contributed by atoms with E-state index in [-0.39, 0.29) is 6.04 Å². The maximum atomic E-state index is 10.2. The second-order valence-electron chi connectivity index (χ2n) is 5.78. The Labute approximate surface area is 128 Å². The van der Waals surface area contributed by atoms with Crippen LogP contribution in [0.2, 0.25) is 0 Å². The summed E-state index contributed by atoms with van der Waals surface area (Å²) in [5, 5.41) is 10.2. The molecule has 2 unspecified atom stereocenters. The second-order valence-corrected chi connectivity index (χ2v) is 5.78. The Bertz CT molecular complexity index is 717. The number of fused-ring (bicyclic) bond motifs is 2. The first-order valence-corrected chi connectivity index (χ1v) is 7.49. The predicted molar refractivity (Wildman–Crippen MR) is 81.3 cm³/mol. The third-order valence-corrected chi connectivity index (χ3v) is 4.36. The summed E-state index contributed by atoms with van der Waals surface area (Å²) in [6.07, 6.45) is 3.80. The van der Waals surface area contributed by atoms with Crippen LogP contribution in [0.5, 0.6) is 5.75 Å². The zero-order valence-electron chi connectivity index (χ0n) is 12.2. The van der Waals surface area contributed by atoms with Crippen LogP contribution in [0.15, 0.2) is 30.6 Å². The van der Waals surface area contributed by atoms with Crippen molar-refractivity contribution >= 4 is 0 Å². The molecule has 2 aromatic rings. The molecule has 2 aliphatic heterocycles. The molecule has 5 nitrogen and oxygen atoms in total. The predicted octanol–water partition coefficient (Wildman–Crippen LogP) is 2.09. The van der Waals surface area contributed by atoms with E-state index in [0.29, 0.717) is 26.2 Å². The van der Waals surface area contributed by atoms with Gasteiger partial charge in [-0.1, -0.05) is 6.07 Å². The molecule has 3 N–H and O–H groups in total.